The first-order valence-corrected chi connectivity index (χ1v) is 7.62. The van der Waals surface area contributed by atoms with Crippen molar-refractivity contribution in [2.24, 2.45) is 5.73 Å². The number of aromatic amines is 1. The lowest BCUT2D eigenvalue weighted by Gasteiger charge is -2.21. The number of nitrogens with two attached hydrogens (primary N) is 1. The number of H-pyrrole nitrogens is 1. The zero-order valence-electron chi connectivity index (χ0n) is 11.5. The zero-order chi connectivity index (χ0) is 16.9. The Kier molecular flexibility index (Phi) is 6.21. The predicted molar refractivity (Wildman–Crippen MR) is 72.5 cm³/mol. The van der Waals surface area contributed by atoms with Crippen molar-refractivity contribution >= 4 is 19.7 Å². The molecule has 0 fully saturated rings. The second-order valence-electron chi connectivity index (χ2n) is 4.49. The van der Waals surface area contributed by atoms with Crippen molar-refractivity contribution in [3.63, 3.8) is 0 Å². The van der Waals surface area contributed by atoms with Crippen LogP contribution in [0.25, 0.3) is 0 Å². The van der Waals surface area contributed by atoms with Crippen molar-refractivity contribution in [1.82, 2.24) is 15.3 Å². The first-order valence-electron chi connectivity index (χ1n) is 6.09. The third-order valence-corrected chi connectivity index (χ3v) is 3.34. The third-order valence-electron chi connectivity index (χ3n) is 2.85. The number of nitrogens with one attached hydrogen (secondary N) is 2. The second-order valence-corrected chi connectivity index (χ2v) is 5.73. The highest BCUT2D eigenvalue weighted by Crippen LogP contribution is 2.35. The molecule has 7 N–H and O–H groups in total. The van der Waals surface area contributed by atoms with Gasteiger partial charge in [0.15, 0.2) is 6.04 Å². The summed E-state index contributed by atoms with van der Waals surface area (Å²) in [6.07, 6.45) is 2.95. The van der Waals surface area contributed by atoms with E-state index >= 15 is 0 Å². The van der Waals surface area contributed by atoms with E-state index < -0.39 is 44.3 Å². The number of carboxylic acids is 1. The molecule has 124 valence electrons. The molecule has 0 spiro atoms. The highest BCUT2D eigenvalue weighted by Gasteiger charge is 2.29. The van der Waals surface area contributed by atoms with Gasteiger partial charge in [-0.05, 0) is 0 Å². The normalized spacial score (nSPS) is 15.8. The van der Waals surface area contributed by atoms with Gasteiger partial charge < -0.3 is 30.9 Å². The summed E-state index contributed by atoms with van der Waals surface area (Å²) >= 11 is 0. The Balaban J connectivity index is 2.66. The maximum atomic E-state index is 11.9. The molecule has 0 radical (unpaired) electrons. The van der Waals surface area contributed by atoms with Gasteiger partial charge in [0.05, 0.1) is 24.7 Å². The molecule has 1 heterocycles. The summed E-state index contributed by atoms with van der Waals surface area (Å²) in [6, 6.07) is -2.74. The van der Waals surface area contributed by atoms with Gasteiger partial charge >= 0.3 is 13.8 Å². The number of aliphatic carboxylic acids is 1. The monoisotopic (exact) mass is 336 g/mol. The number of phosphoric ester groups is 1. The average Bonchev–Trinajstić information content (AvgIpc) is 2.94. The van der Waals surface area contributed by atoms with Crippen molar-refractivity contribution in [3.05, 3.63) is 18.2 Å². The number of rotatable bonds is 8. The molecule has 0 aliphatic carbocycles. The summed E-state index contributed by atoms with van der Waals surface area (Å²) in [6.45, 7) is 0.733. The van der Waals surface area contributed by atoms with E-state index in [0.717, 1.165) is 0 Å². The molecule has 11 nitrogen and oxygen atoms in total. The molecule has 1 amide bonds. The van der Waals surface area contributed by atoms with Gasteiger partial charge in [0.25, 0.3) is 0 Å². The van der Waals surface area contributed by atoms with E-state index in [1.165, 1.54) is 6.33 Å². The molecule has 3 atom stereocenters. The molecule has 1 rings (SSSR count). The Labute approximate surface area is 125 Å². The van der Waals surface area contributed by atoms with Gasteiger partial charge in [0, 0.05) is 12.1 Å². The fraction of sp³-hybridized carbons (Fsp3) is 0.500. The van der Waals surface area contributed by atoms with Crippen LogP contribution >= 0.6 is 7.82 Å². The molecule has 12 heteroatoms. The molecule has 0 aliphatic heterocycles. The summed E-state index contributed by atoms with van der Waals surface area (Å²) in [5.74, 6) is -2.82. The Bertz CT molecular complexity index is 558. The summed E-state index contributed by atoms with van der Waals surface area (Å²) in [5, 5.41) is 11.0. The smallest absolute Gasteiger partial charge is 0.469 e. The van der Waals surface area contributed by atoms with Crippen LogP contribution in [0.1, 0.15) is 18.5 Å². The van der Waals surface area contributed by atoms with Crippen LogP contribution in [-0.2, 0) is 18.7 Å². The number of amides is 1. The first-order chi connectivity index (χ1) is 10.1. The lowest BCUT2D eigenvalue weighted by atomic mass is 9.99. The highest BCUT2D eigenvalue weighted by molar-refractivity contribution is 7.46. The summed E-state index contributed by atoms with van der Waals surface area (Å²) < 4.78 is 14.7. The lowest BCUT2D eigenvalue weighted by molar-refractivity contribution is -0.143. The van der Waals surface area contributed by atoms with Gasteiger partial charge in [0.2, 0.25) is 5.91 Å². The number of carbonyl (C=O) groups excluding carboxylic acids is 1. The van der Waals surface area contributed by atoms with Crippen molar-refractivity contribution in [3.8, 4) is 0 Å². The summed E-state index contributed by atoms with van der Waals surface area (Å²) in [4.78, 5) is 46.6. The zero-order valence-corrected chi connectivity index (χ0v) is 12.4. The van der Waals surface area contributed by atoms with Crippen molar-refractivity contribution in [2.75, 3.05) is 6.61 Å². The minimum absolute atomic E-state index is 0.497. The number of phosphoric acid groups is 1. The molecule has 3 unspecified atom stereocenters. The van der Waals surface area contributed by atoms with Crippen molar-refractivity contribution < 1.29 is 33.6 Å². The van der Waals surface area contributed by atoms with E-state index in [-0.39, 0.29) is 0 Å². The third kappa shape index (κ3) is 5.54. The highest BCUT2D eigenvalue weighted by atomic mass is 31.2. The van der Waals surface area contributed by atoms with E-state index in [2.05, 4.69) is 19.8 Å². The van der Waals surface area contributed by atoms with Crippen LogP contribution in [0.2, 0.25) is 0 Å². The van der Waals surface area contributed by atoms with Gasteiger partial charge in [-0.1, -0.05) is 6.92 Å². The van der Waals surface area contributed by atoms with E-state index in [1.807, 2.05) is 0 Å². The number of carboxylic acid groups (broad SMARTS) is 1. The van der Waals surface area contributed by atoms with Crippen LogP contribution in [0, 0.1) is 0 Å². The lowest BCUT2D eigenvalue weighted by Crippen LogP contribution is -2.51. The Morgan fingerprint density at radius 3 is 2.64 bits per heavy atom. The minimum Gasteiger partial charge on any atom is -0.480 e. The minimum atomic E-state index is -4.85. The fourth-order valence-electron chi connectivity index (χ4n) is 1.55. The van der Waals surface area contributed by atoms with Crippen LogP contribution in [0.3, 0.4) is 0 Å². The van der Waals surface area contributed by atoms with Gasteiger partial charge in [0.1, 0.15) is 0 Å². The molecule has 0 aromatic carbocycles. The number of carbonyl (C=O) groups is 2. The molecule has 1 aromatic heterocycles. The standard InChI is InChI=1S/C10H17N4O7P/c1-5(6-2-12-4-13-6)8(11)9(15)14-7(10(16)17)3-21-22(18,19)20/h2,4-5,7-8H,3,11H2,1H3,(H,12,13)(H,14,15)(H,16,17)(H2,18,19,20). The molecule has 1 aromatic rings. The van der Waals surface area contributed by atoms with E-state index in [0.29, 0.717) is 5.69 Å². The molecule has 0 aliphatic rings. The molecular weight excluding hydrogens is 319 g/mol. The Morgan fingerprint density at radius 1 is 1.55 bits per heavy atom. The topological polar surface area (TPSA) is 188 Å². The Hall–Kier alpha value is -1.78. The van der Waals surface area contributed by atoms with Crippen LogP contribution in [0.15, 0.2) is 12.5 Å². The summed E-state index contributed by atoms with van der Waals surface area (Å²) in [7, 11) is -4.85. The van der Waals surface area contributed by atoms with Crippen LogP contribution < -0.4 is 11.1 Å². The average molecular weight is 336 g/mol. The Morgan fingerprint density at radius 2 is 2.18 bits per heavy atom. The quantitative estimate of drug-likeness (QED) is 0.307. The molecule has 0 bridgehead atoms. The van der Waals surface area contributed by atoms with Gasteiger partial charge in [-0.2, -0.15) is 0 Å². The van der Waals surface area contributed by atoms with Gasteiger partial charge in [-0.3, -0.25) is 9.32 Å². The number of aromatic nitrogens is 2. The van der Waals surface area contributed by atoms with Gasteiger partial charge in [-0.15, -0.1) is 0 Å². The van der Waals surface area contributed by atoms with E-state index in [9.17, 15) is 14.2 Å². The van der Waals surface area contributed by atoms with E-state index in [1.54, 1.807) is 13.1 Å². The summed E-state index contributed by atoms with van der Waals surface area (Å²) in [5.41, 5.74) is 6.24. The maximum absolute atomic E-state index is 11.9. The van der Waals surface area contributed by atoms with Crippen molar-refractivity contribution in [2.45, 2.75) is 24.9 Å². The van der Waals surface area contributed by atoms with Crippen LogP contribution in [0.4, 0.5) is 0 Å². The van der Waals surface area contributed by atoms with Crippen molar-refractivity contribution in [1.29, 1.82) is 0 Å². The van der Waals surface area contributed by atoms with Crippen LogP contribution in [0.5, 0.6) is 0 Å². The first kappa shape index (κ1) is 18.3. The molecule has 0 saturated heterocycles. The number of hydrogen-bond donors (Lipinski definition) is 6. The predicted octanol–water partition coefficient (Wildman–Crippen LogP) is -1.48. The van der Waals surface area contributed by atoms with Gasteiger partial charge in [-0.25, -0.2) is 14.3 Å². The van der Waals surface area contributed by atoms with Crippen LogP contribution in [-0.4, -0.2) is 55.4 Å². The number of imidazole rings is 1. The maximum Gasteiger partial charge on any atom is 0.469 e. The number of nitrogens with zero attached hydrogens (tertiary/aromatic N) is 1. The molecule has 22 heavy (non-hydrogen) atoms. The molecular formula is C10H17N4O7P. The largest absolute Gasteiger partial charge is 0.480 e. The second kappa shape index (κ2) is 7.47. The number of hydrogen-bond acceptors (Lipinski definition) is 6. The molecule has 0 saturated carbocycles. The SMILES string of the molecule is CC(c1c[nH]cn1)C(N)C(=O)NC(COP(=O)(O)O)C(=O)O. The fourth-order valence-corrected chi connectivity index (χ4v) is 1.89. The van der Waals surface area contributed by atoms with E-state index in [4.69, 9.17) is 20.6 Å².